The van der Waals surface area contributed by atoms with Crippen molar-refractivity contribution in [3.8, 4) is 0 Å². The number of hydrogen-bond acceptors (Lipinski definition) is 4. The van der Waals surface area contributed by atoms with Crippen molar-refractivity contribution >= 4 is 5.91 Å². The van der Waals surface area contributed by atoms with E-state index in [4.69, 9.17) is 0 Å². The van der Waals surface area contributed by atoms with Crippen molar-refractivity contribution in [2.24, 2.45) is 5.41 Å². The van der Waals surface area contributed by atoms with E-state index in [1.807, 2.05) is 13.0 Å². The van der Waals surface area contributed by atoms with Gasteiger partial charge in [0.2, 0.25) is 5.91 Å². The smallest absolute Gasteiger partial charge is 0.226 e. The maximum absolute atomic E-state index is 12.4. The molecule has 1 aliphatic heterocycles. The number of hydrogen-bond donors (Lipinski definition) is 2. The van der Waals surface area contributed by atoms with Gasteiger partial charge in [-0.3, -0.25) is 4.79 Å². The Kier molecular flexibility index (Phi) is 4.47. The number of carbonyl (C=O) groups excluding carboxylic acids is 1. The Labute approximate surface area is 114 Å². The molecule has 1 aliphatic rings. The third-order valence-corrected chi connectivity index (χ3v) is 3.98. The fourth-order valence-electron chi connectivity index (χ4n) is 2.61. The minimum Gasteiger partial charge on any atom is -0.350 e. The predicted molar refractivity (Wildman–Crippen MR) is 73.4 cm³/mol. The number of nitrogens with zero attached hydrogens (tertiary/aromatic N) is 2. The SMILES string of the molecule is CCC1(C(=O)NCc2ccnc(C)n2)CCNCC1. The van der Waals surface area contributed by atoms with Crippen molar-refractivity contribution in [3.63, 3.8) is 0 Å². The third kappa shape index (κ3) is 3.29. The van der Waals surface area contributed by atoms with E-state index in [0.717, 1.165) is 43.9 Å². The summed E-state index contributed by atoms with van der Waals surface area (Å²) in [5.41, 5.74) is 0.661. The largest absolute Gasteiger partial charge is 0.350 e. The summed E-state index contributed by atoms with van der Waals surface area (Å²) >= 11 is 0. The van der Waals surface area contributed by atoms with Crippen LogP contribution in [0, 0.1) is 12.3 Å². The Bertz CT molecular complexity index is 441. The van der Waals surface area contributed by atoms with Gasteiger partial charge in [-0.2, -0.15) is 0 Å². The van der Waals surface area contributed by atoms with Gasteiger partial charge in [0.1, 0.15) is 5.82 Å². The van der Waals surface area contributed by atoms with Crippen LogP contribution in [0.3, 0.4) is 0 Å². The second kappa shape index (κ2) is 6.10. The van der Waals surface area contributed by atoms with E-state index in [0.29, 0.717) is 6.54 Å². The normalized spacial score (nSPS) is 18.0. The molecule has 104 valence electrons. The van der Waals surface area contributed by atoms with E-state index in [-0.39, 0.29) is 11.3 Å². The molecular formula is C14H22N4O. The first-order valence-corrected chi connectivity index (χ1v) is 6.94. The summed E-state index contributed by atoms with van der Waals surface area (Å²) in [5.74, 6) is 0.895. The molecule has 1 fully saturated rings. The summed E-state index contributed by atoms with van der Waals surface area (Å²) in [4.78, 5) is 20.8. The quantitative estimate of drug-likeness (QED) is 0.855. The zero-order valence-electron chi connectivity index (χ0n) is 11.7. The molecule has 0 aromatic carbocycles. The lowest BCUT2D eigenvalue weighted by Crippen LogP contribution is -2.47. The highest BCUT2D eigenvalue weighted by Crippen LogP contribution is 2.32. The Morgan fingerprint density at radius 2 is 2.21 bits per heavy atom. The summed E-state index contributed by atoms with van der Waals surface area (Å²) in [5, 5.41) is 6.34. The van der Waals surface area contributed by atoms with Crippen molar-refractivity contribution in [1.82, 2.24) is 20.6 Å². The first kappa shape index (κ1) is 13.9. The fraction of sp³-hybridized carbons (Fsp3) is 0.643. The number of amides is 1. The van der Waals surface area contributed by atoms with E-state index in [9.17, 15) is 4.79 Å². The molecule has 0 bridgehead atoms. The van der Waals surface area contributed by atoms with Gasteiger partial charge in [-0.1, -0.05) is 6.92 Å². The third-order valence-electron chi connectivity index (χ3n) is 3.98. The minimum absolute atomic E-state index is 0.160. The topological polar surface area (TPSA) is 66.9 Å². The Balaban J connectivity index is 1.96. The van der Waals surface area contributed by atoms with E-state index < -0.39 is 0 Å². The lowest BCUT2D eigenvalue weighted by molar-refractivity contribution is -0.133. The summed E-state index contributed by atoms with van der Waals surface area (Å²) in [7, 11) is 0. The minimum atomic E-state index is -0.201. The first-order chi connectivity index (χ1) is 9.16. The van der Waals surface area contributed by atoms with E-state index in [1.165, 1.54) is 0 Å². The van der Waals surface area contributed by atoms with Crippen LogP contribution in [0.25, 0.3) is 0 Å². The molecule has 1 amide bonds. The maximum Gasteiger partial charge on any atom is 0.226 e. The average molecular weight is 262 g/mol. The van der Waals surface area contributed by atoms with Crippen LogP contribution >= 0.6 is 0 Å². The second-order valence-corrected chi connectivity index (χ2v) is 5.16. The molecule has 0 radical (unpaired) electrons. The van der Waals surface area contributed by atoms with E-state index in [2.05, 4.69) is 27.5 Å². The van der Waals surface area contributed by atoms with Crippen molar-refractivity contribution < 1.29 is 4.79 Å². The summed E-state index contributed by atoms with van der Waals surface area (Å²) in [6.45, 7) is 6.28. The number of nitrogens with one attached hydrogen (secondary N) is 2. The molecule has 1 aromatic heterocycles. The van der Waals surface area contributed by atoms with Gasteiger partial charge < -0.3 is 10.6 Å². The maximum atomic E-state index is 12.4. The van der Waals surface area contributed by atoms with Crippen LogP contribution in [0.5, 0.6) is 0 Å². The number of aromatic nitrogens is 2. The molecule has 0 atom stereocenters. The monoisotopic (exact) mass is 262 g/mol. The molecule has 2 rings (SSSR count). The van der Waals surface area contributed by atoms with Crippen molar-refractivity contribution in [2.45, 2.75) is 39.7 Å². The summed E-state index contributed by atoms with van der Waals surface area (Å²) in [6.07, 6.45) is 4.45. The molecule has 2 N–H and O–H groups in total. The van der Waals surface area contributed by atoms with Gasteiger partial charge in [0.05, 0.1) is 17.7 Å². The van der Waals surface area contributed by atoms with Gasteiger partial charge in [-0.05, 0) is 45.3 Å². The van der Waals surface area contributed by atoms with E-state index in [1.54, 1.807) is 6.20 Å². The first-order valence-electron chi connectivity index (χ1n) is 6.94. The molecular weight excluding hydrogens is 240 g/mol. The Morgan fingerprint density at radius 3 is 2.84 bits per heavy atom. The average Bonchev–Trinajstić information content (AvgIpc) is 2.45. The van der Waals surface area contributed by atoms with Gasteiger partial charge in [-0.25, -0.2) is 9.97 Å². The molecule has 0 spiro atoms. The summed E-state index contributed by atoms with van der Waals surface area (Å²) in [6, 6.07) is 1.84. The van der Waals surface area contributed by atoms with Crippen LogP contribution in [0.1, 0.15) is 37.7 Å². The fourth-order valence-corrected chi connectivity index (χ4v) is 2.61. The molecule has 5 heteroatoms. The highest BCUT2D eigenvalue weighted by molar-refractivity contribution is 5.82. The number of rotatable bonds is 4. The molecule has 0 unspecified atom stereocenters. The Hall–Kier alpha value is -1.49. The van der Waals surface area contributed by atoms with Crippen molar-refractivity contribution in [1.29, 1.82) is 0 Å². The second-order valence-electron chi connectivity index (χ2n) is 5.16. The highest BCUT2D eigenvalue weighted by atomic mass is 16.2. The molecule has 1 aromatic rings. The van der Waals surface area contributed by atoms with Gasteiger partial charge >= 0.3 is 0 Å². The van der Waals surface area contributed by atoms with Gasteiger partial charge in [0, 0.05) is 6.20 Å². The molecule has 1 saturated heterocycles. The van der Waals surface area contributed by atoms with Crippen molar-refractivity contribution in [3.05, 3.63) is 23.8 Å². The number of piperidine rings is 1. The van der Waals surface area contributed by atoms with Crippen LogP contribution in [0.15, 0.2) is 12.3 Å². The predicted octanol–water partition coefficient (Wildman–Crippen LogP) is 1.18. The van der Waals surface area contributed by atoms with Crippen molar-refractivity contribution in [2.75, 3.05) is 13.1 Å². The Morgan fingerprint density at radius 1 is 1.47 bits per heavy atom. The number of carbonyl (C=O) groups is 1. The lowest BCUT2D eigenvalue weighted by Gasteiger charge is -2.35. The van der Waals surface area contributed by atoms with Crippen LogP contribution < -0.4 is 10.6 Å². The van der Waals surface area contributed by atoms with Gasteiger partial charge in [-0.15, -0.1) is 0 Å². The molecule has 0 aliphatic carbocycles. The van der Waals surface area contributed by atoms with E-state index >= 15 is 0 Å². The standard InChI is InChI=1S/C14H22N4O/c1-3-14(5-8-15-9-6-14)13(19)17-10-12-4-7-16-11(2)18-12/h4,7,15H,3,5-6,8-10H2,1-2H3,(H,17,19). The zero-order chi connectivity index (χ0) is 13.7. The van der Waals surface area contributed by atoms with Gasteiger partial charge in [0.15, 0.2) is 0 Å². The summed E-state index contributed by atoms with van der Waals surface area (Å²) < 4.78 is 0. The van der Waals surface area contributed by atoms with Crippen LogP contribution in [0.4, 0.5) is 0 Å². The lowest BCUT2D eigenvalue weighted by atomic mass is 9.76. The molecule has 0 saturated carbocycles. The molecule has 19 heavy (non-hydrogen) atoms. The number of aryl methyl sites for hydroxylation is 1. The van der Waals surface area contributed by atoms with Gasteiger partial charge in [0.25, 0.3) is 0 Å². The van der Waals surface area contributed by atoms with Crippen LogP contribution in [0.2, 0.25) is 0 Å². The van der Waals surface area contributed by atoms with Crippen LogP contribution in [-0.4, -0.2) is 29.0 Å². The zero-order valence-corrected chi connectivity index (χ0v) is 11.7. The molecule has 5 nitrogen and oxygen atoms in total. The van der Waals surface area contributed by atoms with Crippen LogP contribution in [-0.2, 0) is 11.3 Å². The molecule has 2 heterocycles. The highest BCUT2D eigenvalue weighted by Gasteiger charge is 2.37.